The number of carbonyl (C=O) groups is 2. The van der Waals surface area contributed by atoms with Gasteiger partial charge in [0.05, 0.1) is 33.4 Å². The van der Waals surface area contributed by atoms with Crippen LogP contribution in [0.25, 0.3) is 0 Å². The summed E-state index contributed by atoms with van der Waals surface area (Å²) in [6.45, 7) is 5.94. The van der Waals surface area contributed by atoms with Crippen LogP contribution in [0.15, 0.2) is 22.7 Å². The third-order valence-corrected chi connectivity index (χ3v) is 5.59. The molecular formula is C17H18BrN3O3. The summed E-state index contributed by atoms with van der Waals surface area (Å²) in [6.07, 6.45) is 0. The second-order valence-electron chi connectivity index (χ2n) is 6.52. The van der Waals surface area contributed by atoms with Gasteiger partial charge in [-0.15, -0.1) is 0 Å². The molecule has 1 amide bonds. The van der Waals surface area contributed by atoms with Crippen molar-refractivity contribution in [3.8, 4) is 0 Å². The predicted octanol–water partition coefficient (Wildman–Crippen LogP) is 3.01. The predicted molar refractivity (Wildman–Crippen MR) is 93.3 cm³/mol. The van der Waals surface area contributed by atoms with E-state index in [1.165, 1.54) is 0 Å². The zero-order valence-corrected chi connectivity index (χ0v) is 15.5. The number of fused-ring (bicyclic) bond motifs is 1. The van der Waals surface area contributed by atoms with E-state index in [9.17, 15) is 14.7 Å². The van der Waals surface area contributed by atoms with E-state index >= 15 is 0 Å². The number of aromatic carboxylic acids is 1. The molecule has 1 aromatic heterocycles. The fourth-order valence-electron chi connectivity index (χ4n) is 3.14. The zero-order chi connectivity index (χ0) is 17.8. The van der Waals surface area contributed by atoms with Crippen molar-refractivity contribution in [3.05, 3.63) is 45.2 Å². The van der Waals surface area contributed by atoms with Crippen LogP contribution in [0, 0.1) is 6.92 Å². The summed E-state index contributed by atoms with van der Waals surface area (Å²) in [5.41, 5.74) is 2.68. The van der Waals surface area contributed by atoms with Gasteiger partial charge in [-0.05, 0) is 54.4 Å². The molecule has 0 bridgehead atoms. The molecule has 0 aliphatic carbocycles. The van der Waals surface area contributed by atoms with E-state index in [4.69, 9.17) is 0 Å². The van der Waals surface area contributed by atoms with Crippen LogP contribution in [-0.2, 0) is 23.8 Å². The summed E-state index contributed by atoms with van der Waals surface area (Å²) in [5.74, 6) is -1.06. The first-order chi connectivity index (χ1) is 11.1. The Hall–Kier alpha value is -2.15. The monoisotopic (exact) mass is 391 g/mol. The first kappa shape index (κ1) is 16.7. The third-order valence-electron chi connectivity index (χ3n) is 4.56. The largest absolute Gasteiger partial charge is 0.478 e. The average Bonchev–Trinajstić information content (AvgIpc) is 2.86. The highest BCUT2D eigenvalue weighted by atomic mass is 79.9. The van der Waals surface area contributed by atoms with Crippen LogP contribution in [0.1, 0.15) is 41.2 Å². The number of hydrogen-bond acceptors (Lipinski definition) is 3. The van der Waals surface area contributed by atoms with E-state index in [1.54, 1.807) is 27.8 Å². The Morgan fingerprint density at radius 3 is 2.58 bits per heavy atom. The lowest BCUT2D eigenvalue weighted by Gasteiger charge is -2.20. The number of halogens is 1. The second kappa shape index (κ2) is 5.44. The molecule has 126 valence electrons. The van der Waals surface area contributed by atoms with Crippen molar-refractivity contribution in [3.63, 3.8) is 0 Å². The molecule has 1 aliphatic heterocycles. The van der Waals surface area contributed by atoms with Gasteiger partial charge in [-0.25, -0.2) is 4.79 Å². The maximum Gasteiger partial charge on any atom is 0.335 e. The quantitative estimate of drug-likeness (QED) is 0.872. The molecule has 1 N–H and O–H groups in total. The molecule has 24 heavy (non-hydrogen) atoms. The highest BCUT2D eigenvalue weighted by Gasteiger charge is 2.44. The molecular weight excluding hydrogens is 374 g/mol. The van der Waals surface area contributed by atoms with Crippen molar-refractivity contribution < 1.29 is 14.7 Å². The number of carboxylic acid groups (broad SMARTS) is 1. The Bertz CT molecular complexity index is 870. The zero-order valence-electron chi connectivity index (χ0n) is 13.9. The van der Waals surface area contributed by atoms with E-state index in [1.807, 2.05) is 27.8 Å². The maximum atomic E-state index is 12.9. The number of anilines is 1. The molecule has 0 saturated carbocycles. The number of amides is 1. The van der Waals surface area contributed by atoms with Crippen molar-refractivity contribution in [2.24, 2.45) is 7.05 Å². The Kier molecular flexibility index (Phi) is 3.79. The lowest BCUT2D eigenvalue weighted by molar-refractivity contribution is -0.122. The molecule has 2 heterocycles. The lowest BCUT2D eigenvalue weighted by Crippen LogP contribution is -2.36. The minimum atomic E-state index is -1.01. The van der Waals surface area contributed by atoms with E-state index < -0.39 is 11.4 Å². The van der Waals surface area contributed by atoms with Crippen molar-refractivity contribution in [2.45, 2.75) is 32.7 Å². The number of rotatable bonds is 3. The standard InChI is InChI=1S/C17H18BrN3O3/c1-9-14(18)13(20(4)19-9)8-21-12-7-10(15(22)23)5-6-11(12)17(2,3)16(21)24/h5-7H,8H2,1-4H3,(H,22,23). The second-order valence-corrected chi connectivity index (χ2v) is 7.32. The van der Waals surface area contributed by atoms with Crippen LogP contribution in [0.5, 0.6) is 0 Å². The molecule has 2 aromatic rings. The van der Waals surface area contributed by atoms with Gasteiger partial charge in [-0.1, -0.05) is 6.07 Å². The normalized spacial score (nSPS) is 15.7. The molecule has 0 unspecified atom stereocenters. The van der Waals surface area contributed by atoms with E-state index in [0.717, 1.165) is 21.4 Å². The van der Waals surface area contributed by atoms with Gasteiger partial charge in [0.15, 0.2) is 0 Å². The molecule has 6 nitrogen and oxygen atoms in total. The Morgan fingerprint density at radius 2 is 2.04 bits per heavy atom. The van der Waals surface area contributed by atoms with Crippen LogP contribution in [-0.4, -0.2) is 26.8 Å². The molecule has 0 atom stereocenters. The van der Waals surface area contributed by atoms with Gasteiger partial charge in [0.2, 0.25) is 5.91 Å². The molecule has 7 heteroatoms. The summed E-state index contributed by atoms with van der Waals surface area (Å²) >= 11 is 3.52. The van der Waals surface area contributed by atoms with Crippen LogP contribution in [0.2, 0.25) is 0 Å². The van der Waals surface area contributed by atoms with Crippen LogP contribution in [0.3, 0.4) is 0 Å². The van der Waals surface area contributed by atoms with Crippen molar-refractivity contribution in [1.29, 1.82) is 0 Å². The summed E-state index contributed by atoms with van der Waals surface area (Å²) in [7, 11) is 1.83. The average molecular weight is 392 g/mol. The summed E-state index contributed by atoms with van der Waals surface area (Å²) in [4.78, 5) is 25.9. The van der Waals surface area contributed by atoms with Crippen molar-refractivity contribution in [2.75, 3.05) is 4.90 Å². The minimum absolute atomic E-state index is 0.0502. The fourth-order valence-corrected chi connectivity index (χ4v) is 3.60. The minimum Gasteiger partial charge on any atom is -0.478 e. The van der Waals surface area contributed by atoms with Crippen molar-refractivity contribution in [1.82, 2.24) is 9.78 Å². The number of aryl methyl sites for hydroxylation is 2. The molecule has 1 aliphatic rings. The SMILES string of the molecule is Cc1nn(C)c(CN2C(=O)C(C)(C)c3ccc(C(=O)O)cc32)c1Br. The van der Waals surface area contributed by atoms with Gasteiger partial charge in [-0.2, -0.15) is 5.10 Å². The number of hydrogen-bond donors (Lipinski definition) is 1. The topological polar surface area (TPSA) is 75.4 Å². The first-order valence-electron chi connectivity index (χ1n) is 7.52. The van der Waals surface area contributed by atoms with Crippen LogP contribution >= 0.6 is 15.9 Å². The number of aromatic nitrogens is 2. The summed E-state index contributed by atoms with van der Waals surface area (Å²) in [5, 5.41) is 13.6. The Balaban J connectivity index is 2.11. The first-order valence-corrected chi connectivity index (χ1v) is 8.31. The van der Waals surface area contributed by atoms with Gasteiger partial charge in [-0.3, -0.25) is 9.48 Å². The number of nitrogens with zero attached hydrogens (tertiary/aromatic N) is 3. The van der Waals surface area contributed by atoms with E-state index in [0.29, 0.717) is 12.2 Å². The van der Waals surface area contributed by atoms with Gasteiger partial charge >= 0.3 is 5.97 Å². The van der Waals surface area contributed by atoms with Gasteiger partial charge in [0, 0.05) is 12.7 Å². The third kappa shape index (κ3) is 2.34. The number of carboxylic acids is 1. The number of carbonyl (C=O) groups excluding carboxylic acids is 1. The maximum absolute atomic E-state index is 12.9. The highest BCUT2D eigenvalue weighted by molar-refractivity contribution is 9.10. The Morgan fingerprint density at radius 1 is 1.38 bits per heavy atom. The molecule has 0 saturated heterocycles. The Labute approximate surface area is 148 Å². The van der Waals surface area contributed by atoms with Gasteiger partial charge in [0.25, 0.3) is 0 Å². The lowest BCUT2D eigenvalue weighted by atomic mass is 9.86. The molecule has 1 aromatic carbocycles. The van der Waals surface area contributed by atoms with E-state index in [-0.39, 0.29) is 11.5 Å². The van der Waals surface area contributed by atoms with Gasteiger partial charge in [0.1, 0.15) is 0 Å². The summed E-state index contributed by atoms with van der Waals surface area (Å²) < 4.78 is 2.59. The van der Waals surface area contributed by atoms with Crippen molar-refractivity contribution >= 4 is 33.5 Å². The highest BCUT2D eigenvalue weighted by Crippen LogP contribution is 2.43. The van der Waals surface area contributed by atoms with E-state index in [2.05, 4.69) is 21.0 Å². The van der Waals surface area contributed by atoms with Crippen LogP contribution in [0.4, 0.5) is 5.69 Å². The van der Waals surface area contributed by atoms with Crippen LogP contribution < -0.4 is 4.90 Å². The molecule has 0 fully saturated rings. The fraction of sp³-hybridized carbons (Fsp3) is 0.353. The molecule has 0 radical (unpaired) electrons. The molecule has 3 rings (SSSR count). The number of benzene rings is 1. The molecule has 0 spiro atoms. The smallest absolute Gasteiger partial charge is 0.335 e. The summed E-state index contributed by atoms with van der Waals surface area (Å²) in [6, 6.07) is 4.85. The van der Waals surface area contributed by atoms with Gasteiger partial charge < -0.3 is 10.0 Å².